The van der Waals surface area contributed by atoms with Crippen molar-refractivity contribution in [1.82, 2.24) is 30.4 Å². The molecule has 0 aliphatic heterocycles. The van der Waals surface area contributed by atoms with Gasteiger partial charge in [-0.1, -0.05) is 25.8 Å². The second-order valence-corrected chi connectivity index (χ2v) is 10.3. The molecule has 2 amide bonds. The molecule has 1 aliphatic carbocycles. The van der Waals surface area contributed by atoms with Crippen molar-refractivity contribution >= 4 is 22.8 Å². The predicted molar refractivity (Wildman–Crippen MR) is 132 cm³/mol. The molecule has 0 bridgehead atoms. The van der Waals surface area contributed by atoms with E-state index in [0.717, 1.165) is 25.7 Å². The second-order valence-electron chi connectivity index (χ2n) is 10.3. The number of aromatic nitrogens is 4. The molecule has 1 aromatic carbocycles. The molecule has 188 valence electrons. The number of H-pyrrole nitrogens is 1. The van der Waals surface area contributed by atoms with Crippen LogP contribution in [-0.2, 0) is 16.9 Å². The van der Waals surface area contributed by atoms with E-state index >= 15 is 4.39 Å². The van der Waals surface area contributed by atoms with E-state index in [1.54, 1.807) is 42.9 Å². The van der Waals surface area contributed by atoms with Crippen molar-refractivity contribution in [3.63, 3.8) is 0 Å². The third kappa shape index (κ3) is 5.09. The lowest BCUT2D eigenvalue weighted by Gasteiger charge is -2.32. The molecule has 4 rings (SSSR count). The summed E-state index contributed by atoms with van der Waals surface area (Å²) in [4.78, 5) is 32.8. The maximum absolute atomic E-state index is 15.6. The first-order valence-corrected chi connectivity index (χ1v) is 12.4. The molecular formula is C26H35FN6O2. The van der Waals surface area contributed by atoms with Crippen molar-refractivity contribution in [2.75, 3.05) is 0 Å². The van der Waals surface area contributed by atoms with E-state index in [0.29, 0.717) is 35.1 Å². The number of rotatable bonds is 7. The number of benzene rings is 1. The van der Waals surface area contributed by atoms with Crippen LogP contribution in [-0.4, -0.2) is 31.6 Å². The Morgan fingerprint density at radius 1 is 1.23 bits per heavy atom. The molecule has 0 radical (unpaired) electrons. The lowest BCUT2D eigenvalue weighted by Crippen LogP contribution is -2.40. The average Bonchev–Trinajstić information content (AvgIpc) is 3.44. The topological polar surface area (TPSA) is 105 Å². The highest BCUT2D eigenvalue weighted by Gasteiger charge is 2.33. The zero-order valence-electron chi connectivity index (χ0n) is 21.1. The van der Waals surface area contributed by atoms with Crippen LogP contribution in [0.15, 0.2) is 24.4 Å². The van der Waals surface area contributed by atoms with Gasteiger partial charge < -0.3 is 15.6 Å². The van der Waals surface area contributed by atoms with Gasteiger partial charge in [0, 0.05) is 25.2 Å². The molecular weight excluding hydrogens is 447 g/mol. The average molecular weight is 483 g/mol. The fraction of sp³-hybridized carbons (Fsp3) is 0.538. The number of hydrogen-bond acceptors (Lipinski definition) is 4. The molecule has 1 saturated carbocycles. The van der Waals surface area contributed by atoms with Crippen molar-refractivity contribution in [3.05, 3.63) is 47.3 Å². The minimum atomic E-state index is -0.894. The maximum Gasteiger partial charge on any atom is 0.270 e. The molecule has 35 heavy (non-hydrogen) atoms. The molecule has 1 fully saturated rings. The first-order valence-electron chi connectivity index (χ1n) is 12.4. The zero-order valence-corrected chi connectivity index (χ0v) is 21.1. The number of nitrogens with one attached hydrogen (secondary N) is 3. The quantitative estimate of drug-likeness (QED) is 0.458. The summed E-state index contributed by atoms with van der Waals surface area (Å²) in [5.41, 5.74) is 0.717. The Bertz CT molecular complexity index is 1220. The fourth-order valence-electron chi connectivity index (χ4n) is 5.22. The fourth-order valence-corrected chi connectivity index (χ4v) is 5.22. The number of halogens is 1. The van der Waals surface area contributed by atoms with Crippen LogP contribution in [0.4, 0.5) is 4.39 Å². The number of fused-ring (bicyclic) bond motifs is 1. The number of carbonyl (C=O) groups is 2. The van der Waals surface area contributed by atoms with E-state index in [1.807, 2.05) is 6.92 Å². The highest BCUT2D eigenvalue weighted by molar-refractivity contribution is 5.92. The second kappa shape index (κ2) is 9.79. The summed E-state index contributed by atoms with van der Waals surface area (Å²) in [6.07, 6.45) is 5.69. The van der Waals surface area contributed by atoms with Crippen LogP contribution in [0, 0.1) is 17.7 Å². The van der Waals surface area contributed by atoms with Crippen molar-refractivity contribution in [2.24, 2.45) is 11.8 Å². The van der Waals surface area contributed by atoms with Gasteiger partial charge in [-0.25, -0.2) is 9.37 Å². The van der Waals surface area contributed by atoms with E-state index in [2.05, 4.69) is 32.6 Å². The Morgan fingerprint density at radius 2 is 1.94 bits per heavy atom. The first-order chi connectivity index (χ1) is 16.6. The summed E-state index contributed by atoms with van der Waals surface area (Å²) >= 11 is 0. The lowest BCUT2D eigenvalue weighted by atomic mass is 9.79. The number of aryl methyl sites for hydroxylation is 1. The number of nitrogens with zero attached hydrogens (tertiary/aromatic N) is 3. The van der Waals surface area contributed by atoms with Gasteiger partial charge in [-0.2, -0.15) is 5.10 Å². The summed E-state index contributed by atoms with van der Waals surface area (Å²) in [5, 5.41) is 10.2. The lowest BCUT2D eigenvalue weighted by molar-refractivity contribution is -0.120. The number of amides is 2. The van der Waals surface area contributed by atoms with Gasteiger partial charge >= 0.3 is 0 Å². The molecule has 1 aliphatic rings. The van der Waals surface area contributed by atoms with Gasteiger partial charge in [0.15, 0.2) is 5.82 Å². The number of hydrogen-bond donors (Lipinski definition) is 3. The van der Waals surface area contributed by atoms with E-state index in [-0.39, 0.29) is 29.3 Å². The van der Waals surface area contributed by atoms with Crippen molar-refractivity contribution in [3.8, 4) is 0 Å². The van der Waals surface area contributed by atoms with Gasteiger partial charge in [0.1, 0.15) is 17.0 Å². The molecule has 0 unspecified atom stereocenters. The van der Waals surface area contributed by atoms with Gasteiger partial charge in [0.05, 0.1) is 17.1 Å². The van der Waals surface area contributed by atoms with Crippen LogP contribution in [0.5, 0.6) is 0 Å². The highest BCUT2D eigenvalue weighted by Crippen LogP contribution is 2.37. The summed E-state index contributed by atoms with van der Waals surface area (Å²) in [7, 11) is 0. The summed E-state index contributed by atoms with van der Waals surface area (Å²) in [5.74, 6) is 0.445. The van der Waals surface area contributed by atoms with E-state index in [9.17, 15) is 9.59 Å². The normalized spacial score (nSPS) is 19.5. The zero-order chi connectivity index (χ0) is 25.3. The van der Waals surface area contributed by atoms with Gasteiger partial charge in [-0.15, -0.1) is 0 Å². The molecule has 2 aromatic heterocycles. The minimum Gasteiger partial charge on any atom is -0.347 e. The molecule has 8 nitrogen and oxygen atoms in total. The molecule has 3 N–H and O–H groups in total. The summed E-state index contributed by atoms with van der Waals surface area (Å²) < 4.78 is 17.3. The Hall–Kier alpha value is -3.23. The van der Waals surface area contributed by atoms with E-state index in [1.165, 1.54) is 6.92 Å². The summed E-state index contributed by atoms with van der Waals surface area (Å²) in [6.45, 7) is 9.70. The van der Waals surface area contributed by atoms with Crippen LogP contribution in [0.25, 0.3) is 11.0 Å². The number of imidazole rings is 1. The molecule has 1 atom stereocenters. The SMILES string of the molecule is CCn1nccc1C(=O)N[C@H](c1nc2c(F)c(C(C)(C)NC(C)=O)ccc2[nH]1)C1CCC(C)CC1. The Kier molecular flexibility index (Phi) is 6.96. The van der Waals surface area contributed by atoms with Gasteiger partial charge in [0.2, 0.25) is 5.91 Å². The smallest absolute Gasteiger partial charge is 0.270 e. The Morgan fingerprint density at radius 3 is 2.60 bits per heavy atom. The van der Waals surface area contributed by atoms with Crippen LogP contribution >= 0.6 is 0 Å². The van der Waals surface area contributed by atoms with Gasteiger partial charge in [-0.05, 0) is 57.6 Å². The van der Waals surface area contributed by atoms with E-state index in [4.69, 9.17) is 0 Å². The molecule has 0 saturated heterocycles. The predicted octanol–water partition coefficient (Wildman–Crippen LogP) is 4.59. The first kappa shape index (κ1) is 24.9. The van der Waals surface area contributed by atoms with Crippen LogP contribution in [0.3, 0.4) is 0 Å². The van der Waals surface area contributed by atoms with Crippen molar-refractivity contribution < 1.29 is 14.0 Å². The van der Waals surface area contributed by atoms with Crippen LogP contribution < -0.4 is 10.6 Å². The Labute approximate surface area is 205 Å². The third-order valence-corrected chi connectivity index (χ3v) is 7.13. The largest absolute Gasteiger partial charge is 0.347 e. The van der Waals surface area contributed by atoms with Gasteiger partial charge in [0.25, 0.3) is 5.91 Å². The number of carbonyl (C=O) groups excluding carboxylic acids is 2. The van der Waals surface area contributed by atoms with Crippen molar-refractivity contribution in [2.45, 2.75) is 78.4 Å². The molecule has 0 spiro atoms. The van der Waals surface area contributed by atoms with E-state index < -0.39 is 11.4 Å². The van der Waals surface area contributed by atoms with Gasteiger partial charge in [-0.3, -0.25) is 14.3 Å². The standard InChI is InChI=1S/C26H35FN6O2/c1-6-33-20(13-14-28-33)25(35)31-22(17-9-7-15(2)8-10-17)24-29-19-12-11-18(21(27)23(19)30-24)26(4,5)32-16(3)34/h11-15,17,22H,6-10H2,1-5H3,(H,29,30)(H,31,35)(H,32,34)/t15?,17?,22-/m0/s1. The highest BCUT2D eigenvalue weighted by atomic mass is 19.1. The van der Waals surface area contributed by atoms with Crippen LogP contribution in [0.2, 0.25) is 0 Å². The minimum absolute atomic E-state index is 0.187. The van der Waals surface area contributed by atoms with Crippen LogP contribution in [0.1, 0.15) is 88.2 Å². The maximum atomic E-state index is 15.6. The Balaban J connectivity index is 1.71. The molecule has 3 aromatic rings. The third-order valence-electron chi connectivity index (χ3n) is 7.13. The molecule has 2 heterocycles. The van der Waals surface area contributed by atoms with Crippen molar-refractivity contribution in [1.29, 1.82) is 0 Å². The molecule has 9 heteroatoms. The monoisotopic (exact) mass is 482 g/mol. The number of aromatic amines is 1. The summed E-state index contributed by atoms with van der Waals surface area (Å²) in [6, 6.07) is 4.77.